The number of nitro benzene ring substituents is 1. The Bertz CT molecular complexity index is 991. The number of halogens is 3. The topological polar surface area (TPSA) is 89.8 Å². The number of aryl methyl sites for hydroxylation is 1. The van der Waals surface area contributed by atoms with E-state index < -0.39 is 41.6 Å². The van der Waals surface area contributed by atoms with Gasteiger partial charge in [-0.15, -0.1) is 0 Å². The summed E-state index contributed by atoms with van der Waals surface area (Å²) in [6.07, 6.45) is -3.75. The largest absolute Gasteiger partial charge is 0.455 e. The number of nitrogens with zero attached hydrogens (tertiary/aromatic N) is 2. The molecule has 0 bridgehead atoms. The van der Waals surface area contributed by atoms with Gasteiger partial charge in [0.15, 0.2) is 6.61 Å². The van der Waals surface area contributed by atoms with Gasteiger partial charge in [-0.25, -0.2) is 0 Å². The fourth-order valence-electron chi connectivity index (χ4n) is 3.25. The second kappa shape index (κ2) is 8.52. The van der Waals surface area contributed by atoms with Crippen LogP contribution in [0.3, 0.4) is 0 Å². The van der Waals surface area contributed by atoms with Gasteiger partial charge < -0.3 is 9.64 Å². The minimum Gasteiger partial charge on any atom is -0.455 e. The van der Waals surface area contributed by atoms with Gasteiger partial charge in [0.05, 0.1) is 16.9 Å². The molecule has 2 aromatic carbocycles. The molecule has 2 aromatic rings. The predicted octanol–water partition coefficient (Wildman–Crippen LogP) is 3.68. The van der Waals surface area contributed by atoms with Crippen molar-refractivity contribution in [3.63, 3.8) is 0 Å². The summed E-state index contributed by atoms with van der Waals surface area (Å²) in [6, 6.07) is 8.51. The summed E-state index contributed by atoms with van der Waals surface area (Å²) in [5, 5.41) is 10.9. The Morgan fingerprint density at radius 2 is 1.93 bits per heavy atom. The van der Waals surface area contributed by atoms with E-state index in [1.165, 1.54) is 35.2 Å². The molecule has 1 heterocycles. The quantitative estimate of drug-likeness (QED) is 0.417. The van der Waals surface area contributed by atoms with Gasteiger partial charge in [-0.05, 0) is 36.1 Å². The van der Waals surface area contributed by atoms with Crippen LogP contribution in [0.5, 0.6) is 0 Å². The zero-order valence-corrected chi connectivity index (χ0v) is 15.6. The lowest BCUT2D eigenvalue weighted by Gasteiger charge is -2.29. The second-order valence-electron chi connectivity index (χ2n) is 6.75. The van der Waals surface area contributed by atoms with Gasteiger partial charge in [-0.2, -0.15) is 13.2 Å². The summed E-state index contributed by atoms with van der Waals surface area (Å²) < 4.78 is 43.2. The zero-order chi connectivity index (χ0) is 21.9. The SMILES string of the molecule is O=C(Cc1cccc(C(F)(F)F)c1)OCC(=O)N1CCCc2cc([N+](=O)[O-])ccc21. The number of rotatable bonds is 5. The van der Waals surface area contributed by atoms with E-state index in [4.69, 9.17) is 4.74 Å². The molecule has 0 fully saturated rings. The second-order valence-corrected chi connectivity index (χ2v) is 6.75. The van der Waals surface area contributed by atoms with Gasteiger partial charge in [-0.1, -0.05) is 18.2 Å². The fourth-order valence-corrected chi connectivity index (χ4v) is 3.25. The first kappa shape index (κ1) is 21.3. The number of benzene rings is 2. The van der Waals surface area contributed by atoms with Crippen molar-refractivity contribution in [1.29, 1.82) is 0 Å². The van der Waals surface area contributed by atoms with Crippen LogP contribution in [0.1, 0.15) is 23.1 Å². The maximum absolute atomic E-state index is 12.8. The number of carbonyl (C=O) groups excluding carboxylic acids is 2. The van der Waals surface area contributed by atoms with Crippen molar-refractivity contribution in [1.82, 2.24) is 0 Å². The minimum absolute atomic E-state index is 0.0736. The van der Waals surface area contributed by atoms with Gasteiger partial charge in [0.1, 0.15) is 0 Å². The van der Waals surface area contributed by atoms with E-state index in [0.29, 0.717) is 30.6 Å². The first-order valence-electron chi connectivity index (χ1n) is 9.04. The van der Waals surface area contributed by atoms with Crippen LogP contribution in [0.25, 0.3) is 0 Å². The number of hydrogen-bond donors (Lipinski definition) is 0. The number of anilines is 1. The number of amides is 1. The number of hydrogen-bond acceptors (Lipinski definition) is 5. The zero-order valence-electron chi connectivity index (χ0n) is 15.6. The third kappa shape index (κ3) is 4.94. The van der Waals surface area contributed by atoms with Gasteiger partial charge in [-0.3, -0.25) is 19.7 Å². The molecule has 1 aliphatic rings. The van der Waals surface area contributed by atoms with Gasteiger partial charge in [0.25, 0.3) is 11.6 Å². The van der Waals surface area contributed by atoms with E-state index in [0.717, 1.165) is 12.1 Å². The predicted molar refractivity (Wildman–Crippen MR) is 99.9 cm³/mol. The highest BCUT2D eigenvalue weighted by Crippen LogP contribution is 2.31. The molecule has 7 nitrogen and oxygen atoms in total. The summed E-state index contributed by atoms with van der Waals surface area (Å²) in [5.74, 6) is -1.34. The van der Waals surface area contributed by atoms with Crippen molar-refractivity contribution in [2.45, 2.75) is 25.4 Å². The van der Waals surface area contributed by atoms with E-state index in [1.807, 2.05) is 0 Å². The molecule has 0 radical (unpaired) electrons. The Hall–Kier alpha value is -3.43. The normalized spacial score (nSPS) is 13.5. The van der Waals surface area contributed by atoms with Crippen molar-refractivity contribution in [2.75, 3.05) is 18.1 Å². The first-order chi connectivity index (χ1) is 14.1. The van der Waals surface area contributed by atoms with Crippen LogP contribution in [-0.2, 0) is 33.3 Å². The summed E-state index contributed by atoms with van der Waals surface area (Å²) in [4.78, 5) is 36.2. The van der Waals surface area contributed by atoms with Crippen molar-refractivity contribution in [3.05, 3.63) is 69.3 Å². The molecule has 0 aromatic heterocycles. The number of ether oxygens (including phenoxy) is 1. The maximum atomic E-state index is 12.8. The molecule has 0 atom stereocenters. The van der Waals surface area contributed by atoms with Crippen molar-refractivity contribution in [2.24, 2.45) is 0 Å². The third-order valence-corrected chi connectivity index (χ3v) is 4.65. The van der Waals surface area contributed by atoms with Crippen LogP contribution in [0.4, 0.5) is 24.5 Å². The number of fused-ring (bicyclic) bond motifs is 1. The summed E-state index contributed by atoms with van der Waals surface area (Å²) in [5.41, 5.74) is 0.348. The van der Waals surface area contributed by atoms with Gasteiger partial charge in [0.2, 0.25) is 0 Å². The van der Waals surface area contributed by atoms with E-state index in [-0.39, 0.29) is 11.3 Å². The molecule has 10 heteroatoms. The highest BCUT2D eigenvalue weighted by molar-refractivity contribution is 5.96. The van der Waals surface area contributed by atoms with Crippen molar-refractivity contribution >= 4 is 23.3 Å². The number of non-ortho nitro benzene ring substituents is 1. The Balaban J connectivity index is 1.61. The smallest absolute Gasteiger partial charge is 0.416 e. The van der Waals surface area contributed by atoms with Crippen LogP contribution in [0.2, 0.25) is 0 Å². The van der Waals surface area contributed by atoms with Crippen molar-refractivity contribution < 1.29 is 32.4 Å². The molecule has 30 heavy (non-hydrogen) atoms. The van der Waals surface area contributed by atoms with Crippen LogP contribution < -0.4 is 4.90 Å². The highest BCUT2D eigenvalue weighted by atomic mass is 19.4. The van der Waals surface area contributed by atoms with Gasteiger partial charge in [0, 0.05) is 24.4 Å². The summed E-state index contributed by atoms with van der Waals surface area (Å²) in [7, 11) is 0. The maximum Gasteiger partial charge on any atom is 0.416 e. The number of esters is 1. The Morgan fingerprint density at radius 3 is 2.63 bits per heavy atom. The van der Waals surface area contributed by atoms with Crippen LogP contribution in [0, 0.1) is 10.1 Å². The fraction of sp³-hybridized carbons (Fsp3) is 0.300. The number of nitro groups is 1. The minimum atomic E-state index is -4.52. The van der Waals surface area contributed by atoms with Crippen LogP contribution in [-0.4, -0.2) is 30.0 Å². The molecular formula is C20H17F3N2O5. The van der Waals surface area contributed by atoms with E-state index >= 15 is 0 Å². The third-order valence-electron chi connectivity index (χ3n) is 4.65. The molecule has 0 spiro atoms. The summed E-state index contributed by atoms with van der Waals surface area (Å²) in [6.45, 7) is -0.205. The molecule has 158 valence electrons. The molecule has 0 aliphatic carbocycles. The molecule has 0 saturated carbocycles. The average Bonchev–Trinajstić information content (AvgIpc) is 2.70. The van der Waals surface area contributed by atoms with E-state index in [1.54, 1.807) is 0 Å². The standard InChI is InChI=1S/C20H17F3N2O5/c21-20(22,23)15-5-1-3-13(9-15)10-19(27)30-12-18(26)24-8-2-4-14-11-16(25(28)29)6-7-17(14)24/h1,3,5-7,9,11H,2,4,8,10,12H2. The van der Waals surface area contributed by atoms with Gasteiger partial charge >= 0.3 is 12.1 Å². The Kier molecular flexibility index (Phi) is 6.04. The van der Waals surface area contributed by atoms with Crippen molar-refractivity contribution in [3.8, 4) is 0 Å². The van der Waals surface area contributed by atoms with Crippen LogP contribution in [0.15, 0.2) is 42.5 Å². The molecule has 0 unspecified atom stereocenters. The monoisotopic (exact) mass is 422 g/mol. The molecular weight excluding hydrogens is 405 g/mol. The molecule has 0 N–H and O–H groups in total. The highest BCUT2D eigenvalue weighted by Gasteiger charge is 2.30. The number of alkyl halides is 3. The lowest BCUT2D eigenvalue weighted by atomic mass is 10.0. The summed E-state index contributed by atoms with van der Waals surface area (Å²) >= 11 is 0. The lowest BCUT2D eigenvalue weighted by Crippen LogP contribution is -2.38. The lowest BCUT2D eigenvalue weighted by molar-refractivity contribution is -0.384. The average molecular weight is 422 g/mol. The molecule has 1 aliphatic heterocycles. The van der Waals surface area contributed by atoms with E-state index in [2.05, 4.69) is 0 Å². The molecule has 0 saturated heterocycles. The first-order valence-corrected chi connectivity index (χ1v) is 9.04. The van der Waals surface area contributed by atoms with E-state index in [9.17, 15) is 32.9 Å². The molecule has 1 amide bonds. The van der Waals surface area contributed by atoms with Crippen LogP contribution >= 0.6 is 0 Å². The Labute approximate surface area is 169 Å². The molecule has 3 rings (SSSR count). The Morgan fingerprint density at radius 1 is 1.17 bits per heavy atom. The number of carbonyl (C=O) groups is 2.